The van der Waals surface area contributed by atoms with E-state index in [0.29, 0.717) is 12.1 Å². The van der Waals surface area contributed by atoms with E-state index < -0.39 is 0 Å². The van der Waals surface area contributed by atoms with Crippen LogP contribution in [0.5, 0.6) is 0 Å². The number of rotatable bonds is 5. The second-order valence-electron chi connectivity index (χ2n) is 4.28. The third-order valence-electron chi connectivity index (χ3n) is 2.68. The summed E-state index contributed by atoms with van der Waals surface area (Å²) in [6, 6.07) is 5.49. The second kappa shape index (κ2) is 7.13. The highest BCUT2D eigenvalue weighted by Gasteiger charge is 2.18. The van der Waals surface area contributed by atoms with Crippen molar-refractivity contribution in [3.05, 3.63) is 33.8 Å². The first-order valence-corrected chi connectivity index (χ1v) is 6.80. The molecule has 0 heterocycles. The van der Waals surface area contributed by atoms with Gasteiger partial charge in [0.2, 0.25) is 0 Å². The molecule has 0 spiro atoms. The summed E-state index contributed by atoms with van der Waals surface area (Å²) >= 11 is 3.37. The first kappa shape index (κ1) is 15.5. The van der Waals surface area contributed by atoms with Gasteiger partial charge >= 0.3 is 0 Å². The Balaban J connectivity index is 2.98. The van der Waals surface area contributed by atoms with Crippen molar-refractivity contribution in [2.45, 2.75) is 20.3 Å². The van der Waals surface area contributed by atoms with Crippen molar-refractivity contribution in [3.8, 4) is 0 Å². The van der Waals surface area contributed by atoms with E-state index in [1.54, 1.807) is 11.0 Å². The lowest BCUT2D eigenvalue weighted by Crippen LogP contribution is -2.39. The van der Waals surface area contributed by atoms with Crippen molar-refractivity contribution in [1.82, 2.24) is 4.90 Å². The van der Waals surface area contributed by atoms with Crippen LogP contribution >= 0.6 is 15.9 Å². The summed E-state index contributed by atoms with van der Waals surface area (Å²) in [6.45, 7) is 4.54. The van der Waals surface area contributed by atoms with Crippen molar-refractivity contribution in [2.24, 2.45) is 10.9 Å². The first-order valence-electron chi connectivity index (χ1n) is 6.01. The molecule has 1 aromatic carbocycles. The Bertz CT molecular complexity index is 489. The maximum Gasteiger partial charge on any atom is 0.254 e. The molecular formula is C13H18BrN3O2. The number of oxime groups is 1. The van der Waals surface area contributed by atoms with E-state index in [0.717, 1.165) is 16.5 Å². The van der Waals surface area contributed by atoms with E-state index in [1.807, 2.05) is 26.0 Å². The number of nitrogens with two attached hydrogens (primary N) is 1. The number of aryl methyl sites for hydroxylation is 1. The molecule has 5 nitrogen and oxygen atoms in total. The Morgan fingerprint density at radius 3 is 2.74 bits per heavy atom. The summed E-state index contributed by atoms with van der Waals surface area (Å²) in [7, 11) is 0. The van der Waals surface area contributed by atoms with Crippen molar-refractivity contribution in [3.63, 3.8) is 0 Å². The third kappa shape index (κ3) is 4.24. The summed E-state index contributed by atoms with van der Waals surface area (Å²) in [5.41, 5.74) is 7.00. The molecule has 1 aromatic rings. The van der Waals surface area contributed by atoms with Crippen molar-refractivity contribution in [1.29, 1.82) is 0 Å². The Morgan fingerprint density at radius 2 is 2.21 bits per heavy atom. The van der Waals surface area contributed by atoms with Gasteiger partial charge in [-0.3, -0.25) is 4.79 Å². The minimum absolute atomic E-state index is 0.0246. The minimum atomic E-state index is -0.113. The number of nitrogens with zero attached hydrogens (tertiary/aromatic N) is 2. The van der Waals surface area contributed by atoms with Crippen molar-refractivity contribution < 1.29 is 10.0 Å². The number of amidine groups is 1. The van der Waals surface area contributed by atoms with E-state index in [1.165, 1.54) is 0 Å². The van der Waals surface area contributed by atoms with Crippen LogP contribution in [0.4, 0.5) is 0 Å². The van der Waals surface area contributed by atoms with Crippen LogP contribution in [-0.2, 0) is 0 Å². The van der Waals surface area contributed by atoms with Gasteiger partial charge in [0.1, 0.15) is 0 Å². The van der Waals surface area contributed by atoms with Gasteiger partial charge in [0.15, 0.2) is 5.84 Å². The van der Waals surface area contributed by atoms with Crippen LogP contribution < -0.4 is 5.73 Å². The number of carbonyl (C=O) groups excluding carboxylic acids is 1. The maximum atomic E-state index is 12.4. The molecule has 19 heavy (non-hydrogen) atoms. The largest absolute Gasteiger partial charge is 0.409 e. The first-order chi connectivity index (χ1) is 8.99. The van der Waals surface area contributed by atoms with E-state index in [4.69, 9.17) is 10.9 Å². The van der Waals surface area contributed by atoms with Gasteiger partial charge in [0, 0.05) is 16.6 Å². The zero-order chi connectivity index (χ0) is 14.4. The normalized spacial score (nSPS) is 11.4. The number of amides is 1. The fourth-order valence-corrected chi connectivity index (χ4v) is 2.26. The van der Waals surface area contributed by atoms with Gasteiger partial charge in [0.05, 0.1) is 6.54 Å². The summed E-state index contributed by atoms with van der Waals surface area (Å²) in [5, 5.41) is 11.5. The fraction of sp³-hybridized carbons (Fsp3) is 0.385. The lowest BCUT2D eigenvalue weighted by Gasteiger charge is -2.22. The molecule has 104 valence electrons. The zero-order valence-corrected chi connectivity index (χ0v) is 12.6. The molecule has 6 heteroatoms. The Morgan fingerprint density at radius 1 is 1.53 bits per heavy atom. The van der Waals surface area contributed by atoms with Crippen LogP contribution in [0.15, 0.2) is 27.8 Å². The molecule has 0 aliphatic heterocycles. The predicted molar refractivity (Wildman–Crippen MR) is 78.5 cm³/mol. The highest BCUT2D eigenvalue weighted by molar-refractivity contribution is 9.10. The summed E-state index contributed by atoms with van der Waals surface area (Å²) in [4.78, 5) is 14.0. The van der Waals surface area contributed by atoms with Gasteiger partial charge in [-0.25, -0.2) is 0 Å². The van der Waals surface area contributed by atoms with E-state index in [2.05, 4.69) is 21.1 Å². The molecule has 0 radical (unpaired) electrons. The van der Waals surface area contributed by atoms with Crippen molar-refractivity contribution in [2.75, 3.05) is 13.1 Å². The van der Waals surface area contributed by atoms with E-state index in [-0.39, 0.29) is 18.3 Å². The molecule has 0 unspecified atom stereocenters. The molecule has 1 rings (SSSR count). The number of benzene rings is 1. The van der Waals surface area contributed by atoms with Crippen molar-refractivity contribution >= 4 is 27.7 Å². The summed E-state index contributed by atoms with van der Waals surface area (Å²) < 4.78 is 0.931. The lowest BCUT2D eigenvalue weighted by atomic mass is 10.1. The molecule has 0 bridgehead atoms. The highest BCUT2D eigenvalue weighted by Crippen LogP contribution is 2.17. The van der Waals surface area contributed by atoms with Gasteiger partial charge in [-0.2, -0.15) is 0 Å². The fourth-order valence-electron chi connectivity index (χ4n) is 1.79. The van der Waals surface area contributed by atoms with Gasteiger partial charge in [-0.05, 0) is 37.1 Å². The average molecular weight is 328 g/mol. The highest BCUT2D eigenvalue weighted by atomic mass is 79.9. The van der Waals surface area contributed by atoms with E-state index >= 15 is 0 Å². The molecule has 0 saturated carbocycles. The van der Waals surface area contributed by atoms with Crippen LogP contribution in [0.3, 0.4) is 0 Å². The van der Waals surface area contributed by atoms with Crippen LogP contribution in [0.2, 0.25) is 0 Å². The minimum Gasteiger partial charge on any atom is -0.409 e. The smallest absolute Gasteiger partial charge is 0.254 e. The number of carbonyl (C=O) groups is 1. The van der Waals surface area contributed by atoms with E-state index in [9.17, 15) is 4.79 Å². The molecular weight excluding hydrogens is 310 g/mol. The maximum absolute atomic E-state index is 12.4. The number of halogens is 1. The zero-order valence-electron chi connectivity index (χ0n) is 11.1. The monoisotopic (exact) mass is 327 g/mol. The van der Waals surface area contributed by atoms with Crippen LogP contribution in [-0.4, -0.2) is 34.9 Å². The Labute approximate surface area is 121 Å². The number of hydrogen-bond acceptors (Lipinski definition) is 3. The summed E-state index contributed by atoms with van der Waals surface area (Å²) in [5.74, 6) is -0.0879. The average Bonchev–Trinajstić information content (AvgIpc) is 2.37. The predicted octanol–water partition coefficient (Wildman–Crippen LogP) is 2.36. The molecule has 0 aliphatic rings. The number of hydrogen-bond donors (Lipinski definition) is 2. The van der Waals surface area contributed by atoms with Gasteiger partial charge in [-0.15, -0.1) is 0 Å². The summed E-state index contributed by atoms with van der Waals surface area (Å²) in [6.07, 6.45) is 0.806. The van der Waals surface area contributed by atoms with Gasteiger partial charge < -0.3 is 15.8 Å². The Kier molecular flexibility index (Phi) is 5.82. The molecule has 0 aromatic heterocycles. The molecule has 0 fully saturated rings. The van der Waals surface area contributed by atoms with Crippen LogP contribution in [0.1, 0.15) is 29.3 Å². The molecule has 0 saturated heterocycles. The molecule has 0 aliphatic carbocycles. The molecule has 3 N–H and O–H groups in total. The standard InChI is InChI=1S/C13H18BrN3O2/c1-3-6-17(8-12(15)16-19)13(18)11-5-4-10(14)7-9(11)2/h4-5,7,19H,3,6,8H2,1-2H3,(H2,15,16). The quantitative estimate of drug-likeness (QED) is 0.377. The SMILES string of the molecule is CCCN(CC(N)=NO)C(=O)c1ccc(Br)cc1C. The van der Waals surface area contributed by atoms with Crippen LogP contribution in [0, 0.1) is 6.92 Å². The third-order valence-corrected chi connectivity index (χ3v) is 3.17. The molecule has 1 amide bonds. The topological polar surface area (TPSA) is 78.9 Å². The van der Waals surface area contributed by atoms with Gasteiger partial charge in [-0.1, -0.05) is 28.0 Å². The second-order valence-corrected chi connectivity index (χ2v) is 5.19. The van der Waals surface area contributed by atoms with Gasteiger partial charge in [0.25, 0.3) is 5.91 Å². The van der Waals surface area contributed by atoms with Crippen LogP contribution in [0.25, 0.3) is 0 Å². The Hall–Kier alpha value is -1.56. The molecule has 0 atom stereocenters. The lowest BCUT2D eigenvalue weighted by molar-refractivity contribution is 0.0777.